The SMILES string of the molecule is COCCN1C(=O)C(=O)/C(=C(/O)c2ccc(S(=O)(=O)N(C)C)cc2)[C@@H]1c1ccc(F)cc1. The Morgan fingerprint density at radius 1 is 1.09 bits per heavy atom. The van der Waals surface area contributed by atoms with Gasteiger partial charge in [0.15, 0.2) is 0 Å². The molecule has 10 heteroatoms. The minimum Gasteiger partial charge on any atom is -0.507 e. The summed E-state index contributed by atoms with van der Waals surface area (Å²) in [6.07, 6.45) is 0. The number of likely N-dealkylation sites (tertiary alicyclic amines) is 1. The van der Waals surface area contributed by atoms with Gasteiger partial charge < -0.3 is 14.7 Å². The van der Waals surface area contributed by atoms with Crippen molar-refractivity contribution in [2.24, 2.45) is 0 Å². The molecule has 0 radical (unpaired) electrons. The molecule has 8 nitrogen and oxygen atoms in total. The van der Waals surface area contributed by atoms with Crippen LogP contribution < -0.4 is 0 Å². The molecule has 32 heavy (non-hydrogen) atoms. The van der Waals surface area contributed by atoms with E-state index >= 15 is 0 Å². The smallest absolute Gasteiger partial charge is 0.295 e. The van der Waals surface area contributed by atoms with E-state index in [1.807, 2.05) is 0 Å². The highest BCUT2D eigenvalue weighted by Crippen LogP contribution is 2.39. The van der Waals surface area contributed by atoms with E-state index in [-0.39, 0.29) is 29.2 Å². The first-order valence-corrected chi connectivity index (χ1v) is 11.1. The van der Waals surface area contributed by atoms with Crippen molar-refractivity contribution >= 4 is 27.5 Å². The molecular weight excluding hydrogens is 439 g/mol. The number of nitrogens with zero attached hydrogens (tertiary/aromatic N) is 2. The largest absolute Gasteiger partial charge is 0.507 e. The van der Waals surface area contributed by atoms with E-state index in [9.17, 15) is 27.5 Å². The Morgan fingerprint density at radius 3 is 2.22 bits per heavy atom. The Labute approximate surface area is 185 Å². The van der Waals surface area contributed by atoms with Crippen LogP contribution in [0.2, 0.25) is 0 Å². The maximum atomic E-state index is 13.5. The molecule has 1 aliphatic rings. The van der Waals surface area contributed by atoms with Crippen molar-refractivity contribution in [1.29, 1.82) is 0 Å². The number of carbonyl (C=O) groups excluding carboxylic acids is 2. The summed E-state index contributed by atoms with van der Waals surface area (Å²) in [5, 5.41) is 11.0. The van der Waals surface area contributed by atoms with Crippen LogP contribution in [0, 0.1) is 5.82 Å². The van der Waals surface area contributed by atoms with Gasteiger partial charge in [0, 0.05) is 33.3 Å². The molecule has 1 fully saturated rings. The van der Waals surface area contributed by atoms with Gasteiger partial charge in [0.05, 0.1) is 23.1 Å². The van der Waals surface area contributed by atoms with Crippen molar-refractivity contribution in [2.45, 2.75) is 10.9 Å². The van der Waals surface area contributed by atoms with Crippen LogP contribution in [0.25, 0.3) is 5.76 Å². The molecule has 1 amide bonds. The van der Waals surface area contributed by atoms with E-state index in [2.05, 4.69) is 0 Å². The molecule has 0 unspecified atom stereocenters. The molecule has 0 saturated carbocycles. The normalized spacial score (nSPS) is 18.5. The Hall–Kier alpha value is -3.08. The first-order chi connectivity index (χ1) is 15.1. The third-order valence-electron chi connectivity index (χ3n) is 5.17. The van der Waals surface area contributed by atoms with Crippen LogP contribution in [0.3, 0.4) is 0 Å². The van der Waals surface area contributed by atoms with Gasteiger partial charge in [-0.15, -0.1) is 0 Å². The number of sulfonamides is 1. The van der Waals surface area contributed by atoms with E-state index in [4.69, 9.17) is 4.74 Å². The van der Waals surface area contributed by atoms with Crippen molar-refractivity contribution in [3.05, 3.63) is 71.0 Å². The number of hydrogen-bond acceptors (Lipinski definition) is 6. The zero-order valence-corrected chi connectivity index (χ0v) is 18.6. The molecule has 1 saturated heterocycles. The number of ether oxygens (including phenoxy) is 1. The van der Waals surface area contributed by atoms with Crippen LogP contribution in [0.15, 0.2) is 59.0 Å². The number of aliphatic hydroxyl groups excluding tert-OH is 1. The fraction of sp³-hybridized carbons (Fsp3) is 0.273. The van der Waals surface area contributed by atoms with E-state index in [0.717, 1.165) is 4.31 Å². The number of rotatable bonds is 7. The summed E-state index contributed by atoms with van der Waals surface area (Å²) < 4.78 is 44.1. The summed E-state index contributed by atoms with van der Waals surface area (Å²) >= 11 is 0. The third kappa shape index (κ3) is 4.29. The zero-order chi connectivity index (χ0) is 23.6. The van der Waals surface area contributed by atoms with Gasteiger partial charge in [0.2, 0.25) is 10.0 Å². The Bertz CT molecular complexity index is 1160. The predicted molar refractivity (Wildman–Crippen MR) is 115 cm³/mol. The van der Waals surface area contributed by atoms with Crippen LogP contribution >= 0.6 is 0 Å². The van der Waals surface area contributed by atoms with Gasteiger partial charge in [-0.1, -0.05) is 12.1 Å². The van der Waals surface area contributed by atoms with Gasteiger partial charge >= 0.3 is 0 Å². The highest BCUT2D eigenvalue weighted by Gasteiger charge is 2.45. The maximum Gasteiger partial charge on any atom is 0.295 e. The summed E-state index contributed by atoms with van der Waals surface area (Å²) in [5.74, 6) is -2.64. The molecule has 1 aliphatic heterocycles. The van der Waals surface area contributed by atoms with Crippen molar-refractivity contribution in [1.82, 2.24) is 9.21 Å². The van der Waals surface area contributed by atoms with Gasteiger partial charge in [0.25, 0.3) is 11.7 Å². The second kappa shape index (κ2) is 9.19. The number of amides is 1. The molecule has 3 rings (SSSR count). The Morgan fingerprint density at radius 2 is 1.69 bits per heavy atom. The van der Waals surface area contributed by atoms with Gasteiger partial charge in [-0.05, 0) is 42.0 Å². The van der Waals surface area contributed by atoms with Gasteiger partial charge in [0.1, 0.15) is 11.6 Å². The molecule has 1 heterocycles. The summed E-state index contributed by atoms with van der Waals surface area (Å²) in [6, 6.07) is 9.65. The van der Waals surface area contributed by atoms with Crippen LogP contribution in [0.1, 0.15) is 17.2 Å². The average Bonchev–Trinajstić information content (AvgIpc) is 3.02. The highest BCUT2D eigenvalue weighted by atomic mass is 32.2. The Kier molecular flexibility index (Phi) is 6.77. The Balaban J connectivity index is 2.11. The molecule has 2 aromatic carbocycles. The number of aliphatic hydroxyl groups is 1. The average molecular weight is 462 g/mol. The predicted octanol–water partition coefficient (Wildman–Crippen LogP) is 2.14. The van der Waals surface area contributed by atoms with Crippen molar-refractivity contribution < 1.29 is 32.2 Å². The minimum absolute atomic E-state index is 0.00896. The molecule has 1 N–H and O–H groups in total. The second-order valence-corrected chi connectivity index (χ2v) is 9.50. The molecule has 1 atom stereocenters. The molecular formula is C22H23FN2O6S. The van der Waals surface area contributed by atoms with Crippen LogP contribution in [0.4, 0.5) is 4.39 Å². The lowest BCUT2D eigenvalue weighted by Crippen LogP contribution is -2.32. The maximum absolute atomic E-state index is 13.5. The molecule has 0 aliphatic carbocycles. The van der Waals surface area contributed by atoms with Crippen LogP contribution in [-0.4, -0.2) is 68.8 Å². The van der Waals surface area contributed by atoms with E-state index in [1.54, 1.807) is 0 Å². The third-order valence-corrected chi connectivity index (χ3v) is 7.00. The lowest BCUT2D eigenvalue weighted by Gasteiger charge is -2.25. The summed E-state index contributed by atoms with van der Waals surface area (Å²) in [5.41, 5.74) is 0.440. The van der Waals surface area contributed by atoms with Crippen LogP contribution in [0.5, 0.6) is 0 Å². The number of carbonyl (C=O) groups is 2. The zero-order valence-electron chi connectivity index (χ0n) is 17.8. The minimum atomic E-state index is -3.68. The van der Waals surface area contributed by atoms with E-state index < -0.39 is 39.3 Å². The van der Waals surface area contributed by atoms with Crippen molar-refractivity contribution in [2.75, 3.05) is 34.4 Å². The quantitative estimate of drug-likeness (QED) is 0.384. The van der Waals surface area contributed by atoms with Crippen LogP contribution in [-0.2, 0) is 24.3 Å². The van der Waals surface area contributed by atoms with E-state index in [0.29, 0.717) is 5.56 Å². The lowest BCUT2D eigenvalue weighted by atomic mass is 9.95. The fourth-order valence-electron chi connectivity index (χ4n) is 3.44. The highest BCUT2D eigenvalue weighted by molar-refractivity contribution is 7.89. The van der Waals surface area contributed by atoms with Crippen molar-refractivity contribution in [3.8, 4) is 0 Å². The monoisotopic (exact) mass is 462 g/mol. The standard InChI is InChI=1S/C22H23FN2O6S/c1-24(2)32(29,30)17-10-6-15(7-11-17)20(26)18-19(14-4-8-16(23)9-5-14)25(12-13-31-3)22(28)21(18)27/h4-11,19,26H,12-13H2,1-3H3/b20-18+/t19-/m0/s1. The van der Waals surface area contributed by atoms with Gasteiger partial charge in [-0.25, -0.2) is 17.1 Å². The number of halogens is 1. The van der Waals surface area contributed by atoms with Crippen molar-refractivity contribution in [3.63, 3.8) is 0 Å². The molecule has 2 aromatic rings. The summed E-state index contributed by atoms with van der Waals surface area (Å²) in [6.45, 7) is 0.238. The van der Waals surface area contributed by atoms with E-state index in [1.165, 1.54) is 74.6 Å². The van der Waals surface area contributed by atoms with Gasteiger partial charge in [-0.2, -0.15) is 0 Å². The summed E-state index contributed by atoms with van der Waals surface area (Å²) in [4.78, 5) is 26.8. The lowest BCUT2D eigenvalue weighted by molar-refractivity contribution is -0.140. The molecule has 170 valence electrons. The number of ketones is 1. The number of methoxy groups -OCH3 is 1. The molecule has 0 aromatic heterocycles. The van der Waals surface area contributed by atoms with Gasteiger partial charge in [-0.3, -0.25) is 9.59 Å². The molecule has 0 spiro atoms. The second-order valence-electron chi connectivity index (χ2n) is 7.35. The number of hydrogen-bond donors (Lipinski definition) is 1. The molecule has 0 bridgehead atoms. The first kappa shape index (κ1) is 23.6. The first-order valence-electron chi connectivity index (χ1n) is 9.65. The fourth-order valence-corrected chi connectivity index (χ4v) is 4.34. The summed E-state index contributed by atoms with van der Waals surface area (Å²) in [7, 11) is 0.566. The number of benzene rings is 2. The topological polar surface area (TPSA) is 104 Å². The number of Topliss-reactive ketones (excluding diaryl/α,β-unsaturated/α-hetero) is 1.